The minimum absolute atomic E-state index is 0.00568. The molecule has 48 heavy (non-hydrogen) atoms. The summed E-state index contributed by atoms with van der Waals surface area (Å²) in [5.74, 6) is -0.627. The molecule has 20 nitrogen and oxygen atoms in total. The fourth-order valence-corrected chi connectivity index (χ4v) is 6.92. The minimum Gasteiger partial charge on any atom is -0.780 e. The van der Waals surface area contributed by atoms with Crippen LogP contribution in [-0.4, -0.2) is 95.3 Å². The third kappa shape index (κ3) is 9.21. The van der Waals surface area contributed by atoms with Gasteiger partial charge in [-0.1, -0.05) is 11.8 Å². The number of anilines is 2. The first-order valence-electron chi connectivity index (χ1n) is 13.9. The molecule has 24 heteroatoms. The van der Waals surface area contributed by atoms with Crippen molar-refractivity contribution in [3.05, 3.63) is 39.3 Å². The Morgan fingerprint density at radius 1 is 1.04 bits per heavy atom. The average Bonchev–Trinajstić information content (AvgIpc) is 3.73. The monoisotopic (exact) mass is 755 g/mol. The Balaban J connectivity index is 0.000000218. The van der Waals surface area contributed by atoms with Crippen molar-refractivity contribution in [1.82, 2.24) is 24.1 Å². The largest absolute Gasteiger partial charge is 0.780 e. The molecule has 0 spiro atoms. The summed E-state index contributed by atoms with van der Waals surface area (Å²) in [5.41, 5.74) is 10.3. The molecule has 5 heterocycles. The van der Waals surface area contributed by atoms with Gasteiger partial charge in [0.05, 0.1) is 37.0 Å². The fraction of sp³-hybridized carbons (Fsp3) is 0.583. The number of ether oxygens (including phenoxy) is 4. The maximum atomic E-state index is 12.0. The summed E-state index contributed by atoms with van der Waals surface area (Å²) in [6.07, 6.45) is -0.486. The van der Waals surface area contributed by atoms with Crippen LogP contribution in [0.15, 0.2) is 28.0 Å². The highest BCUT2D eigenvalue weighted by Gasteiger charge is 2.40. The van der Waals surface area contributed by atoms with Crippen LogP contribution in [-0.2, 0) is 65.7 Å². The van der Waals surface area contributed by atoms with Gasteiger partial charge in [0.2, 0.25) is 5.95 Å². The zero-order valence-electron chi connectivity index (χ0n) is 26.0. The standard InChI is InChI=1S/C13H19N4O6PS.C11H18N3O7PS/c1-20-6-9-8(23-24(19,25)21-2)5-10(22-9)17-4-3-7-11(17)15-13(14)16-12(7)18;1-18-5-8-7(21-22(17,23)19-2)3-9(20-8)14-4-6(15)10(12)13-11(14)16/h3-4,8-10H,5-6H2,1-2H3,(H,19,25)(H3,14,15,16,18);4,7-9,15H,3,5H2,1-2H3,(H,17,23)(H2,12,13,16)/p-2. The summed E-state index contributed by atoms with van der Waals surface area (Å²) in [4.78, 5) is 45.8. The third-order valence-corrected chi connectivity index (χ3v) is 10.5. The Kier molecular flexibility index (Phi) is 12.8. The quantitative estimate of drug-likeness (QED) is 0.140. The number of hydrogen-bond donors (Lipinski definition) is 4. The van der Waals surface area contributed by atoms with Crippen LogP contribution >= 0.6 is 13.5 Å². The van der Waals surface area contributed by atoms with Crippen molar-refractivity contribution in [2.45, 2.75) is 49.7 Å². The molecule has 0 radical (unpaired) electrons. The van der Waals surface area contributed by atoms with Crippen LogP contribution in [0.3, 0.4) is 0 Å². The van der Waals surface area contributed by atoms with Crippen LogP contribution in [0.25, 0.3) is 11.0 Å². The first kappa shape index (κ1) is 38.4. The number of rotatable bonds is 12. The summed E-state index contributed by atoms with van der Waals surface area (Å²) in [6.45, 7) is -6.91. The van der Waals surface area contributed by atoms with Gasteiger partial charge in [-0.3, -0.25) is 18.9 Å². The SMILES string of the molecule is COCC1OC(n2cc(O)c(N)nc2=O)CC1OP([O-])(=S)OC.COCC1OC(n2ccc3c(=O)[nH]c(N)nc32)CC1OP(=O)([S-])OC. The number of hydrogen-bond acceptors (Lipinski definition) is 19. The van der Waals surface area contributed by atoms with E-state index in [0.717, 1.165) is 10.8 Å². The van der Waals surface area contributed by atoms with Gasteiger partial charge in [-0.25, -0.2) is 4.79 Å². The van der Waals surface area contributed by atoms with E-state index in [9.17, 15) is 24.2 Å². The molecule has 2 aliphatic rings. The van der Waals surface area contributed by atoms with Crippen LogP contribution in [0.4, 0.5) is 11.8 Å². The predicted octanol–water partition coefficient (Wildman–Crippen LogP) is 0.00870. The van der Waals surface area contributed by atoms with Crippen molar-refractivity contribution in [2.75, 3.05) is 53.1 Å². The molecule has 3 aromatic rings. The molecule has 8 atom stereocenters. The maximum absolute atomic E-state index is 12.0. The zero-order chi connectivity index (χ0) is 35.4. The smallest absolute Gasteiger partial charge is 0.351 e. The van der Waals surface area contributed by atoms with Gasteiger partial charge in [-0.05, 0) is 6.07 Å². The molecule has 6 N–H and O–H groups in total. The average molecular weight is 756 g/mol. The lowest BCUT2D eigenvalue weighted by Gasteiger charge is -2.30. The Bertz CT molecular complexity index is 1790. The summed E-state index contributed by atoms with van der Waals surface area (Å²) < 4.78 is 56.5. The number of aromatic amines is 1. The van der Waals surface area contributed by atoms with Gasteiger partial charge in [0.1, 0.15) is 31.4 Å². The number of nitrogens with zero attached hydrogens (tertiary/aromatic N) is 4. The van der Waals surface area contributed by atoms with Crippen molar-refractivity contribution in [2.24, 2.45) is 0 Å². The van der Waals surface area contributed by atoms with Crippen molar-refractivity contribution in [3.63, 3.8) is 0 Å². The zero-order valence-corrected chi connectivity index (χ0v) is 29.4. The van der Waals surface area contributed by atoms with Crippen LogP contribution in [0.5, 0.6) is 5.75 Å². The molecular formula is C24H35N7O13P2S2-2. The van der Waals surface area contributed by atoms with Gasteiger partial charge in [0.25, 0.3) is 5.56 Å². The molecule has 0 saturated carbocycles. The van der Waals surface area contributed by atoms with Gasteiger partial charge >= 0.3 is 5.69 Å². The first-order chi connectivity index (χ1) is 22.6. The van der Waals surface area contributed by atoms with Gasteiger partial charge in [0.15, 0.2) is 24.0 Å². The minimum atomic E-state index is -3.66. The van der Waals surface area contributed by atoms with Crippen LogP contribution in [0.2, 0.25) is 0 Å². The molecule has 8 unspecified atom stereocenters. The number of nitrogen functional groups attached to an aromatic ring is 2. The van der Waals surface area contributed by atoms with Crippen LogP contribution in [0.1, 0.15) is 25.3 Å². The number of nitrogens with one attached hydrogen (secondary N) is 1. The lowest BCUT2D eigenvalue weighted by Crippen LogP contribution is -2.29. The van der Waals surface area contributed by atoms with Crippen molar-refractivity contribution in [3.8, 4) is 5.75 Å². The lowest BCUT2D eigenvalue weighted by atomic mass is 10.2. The van der Waals surface area contributed by atoms with E-state index in [1.54, 1.807) is 16.8 Å². The summed E-state index contributed by atoms with van der Waals surface area (Å²) in [6, 6.07) is 1.62. The molecule has 5 rings (SSSR count). The van der Waals surface area contributed by atoms with Gasteiger partial charge in [-0.15, -0.1) is 0 Å². The van der Waals surface area contributed by atoms with E-state index in [2.05, 4.69) is 19.5 Å². The second kappa shape index (κ2) is 16.1. The van der Waals surface area contributed by atoms with Crippen LogP contribution in [0, 0.1) is 0 Å². The summed E-state index contributed by atoms with van der Waals surface area (Å²) >= 11 is 9.52. The van der Waals surface area contributed by atoms with E-state index < -0.39 is 56.1 Å². The molecular weight excluding hydrogens is 720 g/mol. The van der Waals surface area contributed by atoms with E-state index in [1.165, 1.54) is 28.4 Å². The van der Waals surface area contributed by atoms with E-state index in [4.69, 9.17) is 68.0 Å². The molecule has 0 amide bonds. The number of aromatic nitrogens is 5. The highest BCUT2D eigenvalue weighted by Crippen LogP contribution is 2.49. The maximum Gasteiger partial charge on any atom is 0.351 e. The second-order valence-corrected chi connectivity index (χ2v) is 15.9. The fourth-order valence-electron chi connectivity index (χ4n) is 4.98. The first-order valence-corrected chi connectivity index (χ1v) is 19.1. The summed E-state index contributed by atoms with van der Waals surface area (Å²) in [7, 11) is 5.38. The highest BCUT2D eigenvalue weighted by molar-refractivity contribution is 8.32. The Labute approximate surface area is 283 Å². The van der Waals surface area contributed by atoms with E-state index in [-0.39, 0.29) is 42.7 Å². The third-order valence-electron chi connectivity index (χ3n) is 7.18. The van der Waals surface area contributed by atoms with E-state index in [0.29, 0.717) is 17.5 Å². The lowest BCUT2D eigenvalue weighted by molar-refractivity contribution is -0.210. The van der Waals surface area contributed by atoms with Crippen molar-refractivity contribution in [1.29, 1.82) is 0 Å². The summed E-state index contributed by atoms with van der Waals surface area (Å²) in [5, 5.41) is 9.99. The van der Waals surface area contributed by atoms with Gasteiger partial charge in [0, 0.05) is 47.5 Å². The topological polar surface area (TPSA) is 272 Å². The number of fused-ring (bicyclic) bond motifs is 1. The molecule has 2 fully saturated rings. The number of nitrogens with two attached hydrogens (primary N) is 2. The van der Waals surface area contributed by atoms with Crippen molar-refractivity contribution >= 4 is 60.4 Å². The molecule has 0 aromatic carbocycles. The number of methoxy groups -OCH3 is 2. The van der Waals surface area contributed by atoms with Crippen molar-refractivity contribution < 1.29 is 51.6 Å². The molecule has 2 saturated heterocycles. The Morgan fingerprint density at radius 3 is 2.19 bits per heavy atom. The van der Waals surface area contributed by atoms with Gasteiger partial charge < -0.3 is 75.3 Å². The normalized spacial score (nSPS) is 26.5. The second-order valence-electron chi connectivity index (χ2n) is 10.3. The molecule has 2 aliphatic heterocycles. The number of H-pyrrole nitrogens is 1. The molecule has 0 bridgehead atoms. The van der Waals surface area contributed by atoms with Gasteiger partial charge in [-0.2, -0.15) is 9.97 Å². The van der Waals surface area contributed by atoms with E-state index >= 15 is 0 Å². The Hall–Kier alpha value is -2.43. The Morgan fingerprint density at radius 2 is 1.62 bits per heavy atom. The molecule has 3 aromatic heterocycles. The molecule has 0 aliphatic carbocycles. The highest BCUT2D eigenvalue weighted by atomic mass is 32.7. The molecule has 268 valence electrons. The predicted molar refractivity (Wildman–Crippen MR) is 173 cm³/mol. The van der Waals surface area contributed by atoms with E-state index in [1.807, 2.05) is 0 Å². The van der Waals surface area contributed by atoms with Crippen LogP contribution < -0.4 is 27.6 Å². The number of aromatic hydroxyl groups is 1.